The SMILES string of the molecule is CCOC(=O)c1n[nH]c([C@@H](CC(C)C)NC(=O)C2CC(=O)C2)n1. The summed E-state index contributed by atoms with van der Waals surface area (Å²) in [5.41, 5.74) is 0. The molecule has 23 heavy (non-hydrogen) atoms. The Balaban J connectivity index is 2.07. The number of Topliss-reactive ketones (excluding diaryl/α,β-unsaturated/α-hetero) is 1. The average Bonchev–Trinajstić information content (AvgIpc) is 2.92. The quantitative estimate of drug-likeness (QED) is 0.728. The molecule has 8 heteroatoms. The predicted octanol–water partition coefficient (Wildman–Crippen LogP) is 1.16. The van der Waals surface area contributed by atoms with Crippen molar-refractivity contribution in [2.45, 2.75) is 46.1 Å². The lowest BCUT2D eigenvalue weighted by Gasteiger charge is -2.26. The van der Waals surface area contributed by atoms with E-state index in [1.165, 1.54) is 0 Å². The molecule has 0 radical (unpaired) electrons. The maximum absolute atomic E-state index is 12.2. The molecule has 1 aliphatic rings. The topological polar surface area (TPSA) is 114 Å². The maximum atomic E-state index is 12.2. The fourth-order valence-corrected chi connectivity index (χ4v) is 2.39. The third-order valence-electron chi connectivity index (χ3n) is 3.63. The summed E-state index contributed by atoms with van der Waals surface area (Å²) >= 11 is 0. The van der Waals surface area contributed by atoms with E-state index < -0.39 is 5.97 Å². The zero-order valence-corrected chi connectivity index (χ0v) is 13.6. The van der Waals surface area contributed by atoms with Crippen LogP contribution in [0.2, 0.25) is 0 Å². The van der Waals surface area contributed by atoms with Gasteiger partial charge in [0, 0.05) is 12.8 Å². The molecule has 1 amide bonds. The minimum atomic E-state index is -0.603. The Hall–Kier alpha value is -2.25. The molecule has 0 aromatic carbocycles. The molecule has 2 rings (SSSR count). The van der Waals surface area contributed by atoms with Crippen molar-refractivity contribution >= 4 is 17.7 Å². The van der Waals surface area contributed by atoms with Crippen molar-refractivity contribution in [3.63, 3.8) is 0 Å². The van der Waals surface area contributed by atoms with Crippen LogP contribution in [0.15, 0.2) is 0 Å². The zero-order valence-electron chi connectivity index (χ0n) is 13.6. The highest BCUT2D eigenvalue weighted by atomic mass is 16.5. The number of esters is 1. The van der Waals surface area contributed by atoms with Crippen molar-refractivity contribution in [3.05, 3.63) is 11.6 Å². The number of rotatable bonds is 7. The molecule has 0 aliphatic heterocycles. The van der Waals surface area contributed by atoms with Crippen molar-refractivity contribution in [2.75, 3.05) is 6.61 Å². The second-order valence-corrected chi connectivity index (χ2v) is 6.10. The largest absolute Gasteiger partial charge is 0.460 e. The monoisotopic (exact) mass is 322 g/mol. The number of aromatic nitrogens is 3. The number of nitrogens with zero attached hydrogens (tertiary/aromatic N) is 2. The smallest absolute Gasteiger partial charge is 0.378 e. The number of amides is 1. The van der Waals surface area contributed by atoms with Gasteiger partial charge in [-0.05, 0) is 19.3 Å². The van der Waals surface area contributed by atoms with Gasteiger partial charge in [-0.15, -0.1) is 5.10 Å². The van der Waals surface area contributed by atoms with Crippen molar-refractivity contribution in [2.24, 2.45) is 11.8 Å². The number of hydrogen-bond donors (Lipinski definition) is 2. The highest BCUT2D eigenvalue weighted by Crippen LogP contribution is 2.25. The number of nitrogens with one attached hydrogen (secondary N) is 2. The van der Waals surface area contributed by atoms with Crippen molar-refractivity contribution < 1.29 is 19.1 Å². The van der Waals surface area contributed by atoms with Gasteiger partial charge in [-0.25, -0.2) is 9.78 Å². The molecule has 8 nitrogen and oxygen atoms in total. The Kier molecular flexibility index (Phi) is 5.46. The maximum Gasteiger partial charge on any atom is 0.378 e. The standard InChI is InChI=1S/C15H22N4O4/c1-4-23-15(22)13-17-12(18-19-13)11(5-8(2)3)16-14(21)9-6-10(20)7-9/h8-9,11H,4-7H2,1-3H3,(H,16,21)(H,17,18,19)/t11-/m1/s1. The normalized spacial score (nSPS) is 16.1. The van der Waals surface area contributed by atoms with Gasteiger partial charge in [0.15, 0.2) is 0 Å². The van der Waals surface area contributed by atoms with E-state index in [9.17, 15) is 14.4 Å². The molecule has 0 unspecified atom stereocenters. The Bertz CT molecular complexity index is 588. The number of carbonyl (C=O) groups excluding carboxylic acids is 3. The van der Waals surface area contributed by atoms with Gasteiger partial charge in [-0.2, -0.15) is 0 Å². The molecule has 1 atom stereocenters. The molecule has 126 valence electrons. The van der Waals surface area contributed by atoms with Gasteiger partial charge in [-0.3, -0.25) is 14.7 Å². The molecular formula is C15H22N4O4. The van der Waals surface area contributed by atoms with Crippen molar-refractivity contribution in [3.8, 4) is 0 Å². The lowest BCUT2D eigenvalue weighted by atomic mass is 9.83. The summed E-state index contributed by atoms with van der Waals surface area (Å²) in [5.74, 6) is -0.248. The van der Waals surface area contributed by atoms with Gasteiger partial charge in [0.25, 0.3) is 5.82 Å². The molecule has 0 saturated heterocycles. The van der Waals surface area contributed by atoms with Crippen molar-refractivity contribution in [1.29, 1.82) is 0 Å². The van der Waals surface area contributed by atoms with E-state index in [4.69, 9.17) is 4.74 Å². The van der Waals surface area contributed by atoms with E-state index in [1.807, 2.05) is 13.8 Å². The Labute approximate surface area is 134 Å². The number of hydrogen-bond acceptors (Lipinski definition) is 6. The first kappa shape index (κ1) is 17.1. The molecule has 0 bridgehead atoms. The average molecular weight is 322 g/mol. The van der Waals surface area contributed by atoms with E-state index in [2.05, 4.69) is 20.5 Å². The molecule has 1 fully saturated rings. The first-order chi connectivity index (χ1) is 10.9. The van der Waals surface area contributed by atoms with E-state index >= 15 is 0 Å². The lowest BCUT2D eigenvalue weighted by Crippen LogP contribution is -2.41. The first-order valence-corrected chi connectivity index (χ1v) is 7.82. The van der Waals surface area contributed by atoms with Gasteiger partial charge in [-0.1, -0.05) is 13.8 Å². The molecule has 1 aromatic rings. The van der Waals surface area contributed by atoms with E-state index in [0.717, 1.165) is 0 Å². The second kappa shape index (κ2) is 7.34. The number of ketones is 1. The Morgan fingerprint density at radius 1 is 1.39 bits per heavy atom. The van der Waals surface area contributed by atoms with Crippen LogP contribution in [-0.4, -0.2) is 39.4 Å². The minimum Gasteiger partial charge on any atom is -0.460 e. The molecule has 1 aliphatic carbocycles. The third-order valence-corrected chi connectivity index (χ3v) is 3.63. The van der Waals surface area contributed by atoms with Gasteiger partial charge in [0.05, 0.1) is 18.6 Å². The van der Waals surface area contributed by atoms with E-state index in [0.29, 0.717) is 31.0 Å². The van der Waals surface area contributed by atoms with Crippen LogP contribution in [0.1, 0.15) is 62.5 Å². The molecular weight excluding hydrogens is 300 g/mol. The summed E-state index contributed by atoms with van der Waals surface area (Å²) in [6.07, 6.45) is 1.24. The van der Waals surface area contributed by atoms with Crippen LogP contribution in [0.5, 0.6) is 0 Å². The number of ether oxygens (including phenoxy) is 1. The van der Waals surface area contributed by atoms with Crippen LogP contribution in [0, 0.1) is 11.8 Å². The predicted molar refractivity (Wildman–Crippen MR) is 80.4 cm³/mol. The molecule has 1 saturated carbocycles. The van der Waals surface area contributed by atoms with Gasteiger partial charge < -0.3 is 10.1 Å². The summed E-state index contributed by atoms with van der Waals surface area (Å²) in [6, 6.07) is -0.381. The minimum absolute atomic E-state index is 0.0522. The summed E-state index contributed by atoms with van der Waals surface area (Å²) in [4.78, 5) is 39.0. The summed E-state index contributed by atoms with van der Waals surface area (Å²) in [7, 11) is 0. The number of carbonyl (C=O) groups is 3. The highest BCUT2D eigenvalue weighted by Gasteiger charge is 2.34. The fraction of sp³-hybridized carbons (Fsp3) is 0.667. The molecule has 0 spiro atoms. The van der Waals surface area contributed by atoms with Gasteiger partial charge >= 0.3 is 5.97 Å². The lowest BCUT2D eigenvalue weighted by molar-refractivity contribution is -0.138. The summed E-state index contributed by atoms with van der Waals surface area (Å²) in [5, 5.41) is 9.44. The Morgan fingerprint density at radius 3 is 2.65 bits per heavy atom. The van der Waals surface area contributed by atoms with Crippen LogP contribution in [0.3, 0.4) is 0 Å². The summed E-state index contributed by atoms with van der Waals surface area (Å²) < 4.78 is 4.85. The fourth-order valence-electron chi connectivity index (χ4n) is 2.39. The number of H-pyrrole nitrogens is 1. The van der Waals surface area contributed by atoms with Crippen LogP contribution < -0.4 is 5.32 Å². The van der Waals surface area contributed by atoms with Crippen LogP contribution in [-0.2, 0) is 14.3 Å². The number of aromatic amines is 1. The first-order valence-electron chi connectivity index (χ1n) is 7.82. The highest BCUT2D eigenvalue weighted by molar-refractivity contribution is 5.96. The van der Waals surface area contributed by atoms with E-state index in [-0.39, 0.29) is 36.1 Å². The third kappa shape index (κ3) is 4.37. The zero-order chi connectivity index (χ0) is 17.0. The molecule has 2 N–H and O–H groups in total. The van der Waals surface area contributed by atoms with Crippen LogP contribution in [0.4, 0.5) is 0 Å². The molecule has 1 aromatic heterocycles. The van der Waals surface area contributed by atoms with Crippen molar-refractivity contribution in [1.82, 2.24) is 20.5 Å². The second-order valence-electron chi connectivity index (χ2n) is 6.10. The van der Waals surface area contributed by atoms with Gasteiger partial charge in [0.1, 0.15) is 11.6 Å². The van der Waals surface area contributed by atoms with Gasteiger partial charge in [0.2, 0.25) is 5.91 Å². The van der Waals surface area contributed by atoms with E-state index in [1.54, 1.807) is 6.92 Å². The Morgan fingerprint density at radius 2 is 2.09 bits per heavy atom. The van der Waals surface area contributed by atoms with Crippen LogP contribution >= 0.6 is 0 Å². The van der Waals surface area contributed by atoms with Crippen LogP contribution in [0.25, 0.3) is 0 Å². The molecule has 1 heterocycles. The summed E-state index contributed by atoms with van der Waals surface area (Å²) in [6.45, 7) is 5.99.